The summed E-state index contributed by atoms with van der Waals surface area (Å²) in [6, 6.07) is 0. The van der Waals surface area contributed by atoms with Crippen LogP contribution in [0.3, 0.4) is 0 Å². The number of hydrogen-bond acceptors (Lipinski definition) is 1. The molecule has 0 amide bonds. The van der Waals surface area contributed by atoms with E-state index in [1.807, 2.05) is 6.08 Å². The number of allylic oxidation sites excluding steroid dienone is 1. The third-order valence-electron chi connectivity index (χ3n) is 0.289. The van der Waals surface area contributed by atoms with Crippen molar-refractivity contribution in [1.82, 2.24) is 6.15 Å². The first-order chi connectivity index (χ1) is 1.91. The number of rotatable bonds is 1. The fourth-order valence-corrected chi connectivity index (χ4v) is 0. The van der Waals surface area contributed by atoms with Crippen LogP contribution in [0.5, 0.6) is 0 Å². The Morgan fingerprint density at radius 3 is 2.00 bits per heavy atom. The third-order valence-corrected chi connectivity index (χ3v) is 0.289. The molecule has 0 aliphatic carbocycles. The van der Waals surface area contributed by atoms with Crippen molar-refractivity contribution in [2.75, 3.05) is 0 Å². The maximum atomic E-state index is 3.48. The van der Waals surface area contributed by atoms with E-state index in [-0.39, 0.29) is 6.15 Å². The minimum atomic E-state index is 0. The predicted molar refractivity (Wildman–Crippen MR) is 28.6 cm³/mol. The first-order valence-electron chi connectivity index (χ1n) is 1.52. The lowest BCUT2D eigenvalue weighted by atomic mass is 10.1. The van der Waals surface area contributed by atoms with E-state index in [0.29, 0.717) is 0 Å². The van der Waals surface area contributed by atoms with Crippen LogP contribution in [-0.4, -0.2) is 7.85 Å². The second kappa shape index (κ2) is 9.24. The van der Waals surface area contributed by atoms with Crippen molar-refractivity contribution < 1.29 is 0 Å². The summed E-state index contributed by atoms with van der Waals surface area (Å²) in [6.07, 6.45) is 2.96. The van der Waals surface area contributed by atoms with Crippen LogP contribution >= 0.6 is 0 Å². The van der Waals surface area contributed by atoms with Crippen molar-refractivity contribution in [3.8, 4) is 0 Å². The van der Waals surface area contributed by atoms with E-state index in [9.17, 15) is 0 Å². The molecule has 0 heterocycles. The van der Waals surface area contributed by atoms with Gasteiger partial charge in [0.2, 0.25) is 0 Å². The lowest BCUT2D eigenvalue weighted by molar-refractivity contribution is 1.76. The molecule has 0 aromatic rings. The van der Waals surface area contributed by atoms with E-state index in [1.54, 1.807) is 0 Å². The summed E-state index contributed by atoms with van der Waals surface area (Å²) >= 11 is 0. The van der Waals surface area contributed by atoms with Crippen LogP contribution in [0.2, 0.25) is 6.32 Å². The Kier molecular flexibility index (Phi) is 16.3. The van der Waals surface area contributed by atoms with Crippen molar-refractivity contribution in [1.29, 1.82) is 0 Å². The van der Waals surface area contributed by atoms with Gasteiger partial charge in [0.05, 0.1) is 0 Å². The monoisotopic (exact) mass is 71.1 g/mol. The van der Waals surface area contributed by atoms with E-state index in [2.05, 4.69) is 14.4 Å². The molecule has 0 unspecified atom stereocenters. The smallest absolute Gasteiger partial charge is 0.106 e. The zero-order valence-corrected chi connectivity index (χ0v) is 3.70. The van der Waals surface area contributed by atoms with Gasteiger partial charge in [-0.05, 0) is 0 Å². The molecule has 0 radical (unpaired) electrons. The summed E-state index contributed by atoms with van der Waals surface area (Å²) in [5.41, 5.74) is 0. The van der Waals surface area contributed by atoms with Crippen LogP contribution in [0.4, 0.5) is 0 Å². The molecule has 5 heavy (non-hydrogen) atoms. The molecule has 0 bridgehead atoms. The molecule has 0 atom stereocenters. The van der Waals surface area contributed by atoms with E-state index < -0.39 is 0 Å². The van der Waals surface area contributed by atoms with Crippen LogP contribution in [-0.2, 0) is 0 Å². The third kappa shape index (κ3) is 20.0. The molecule has 0 aliphatic heterocycles. The average Bonchev–Trinajstić information content (AvgIpc) is 1.37. The maximum absolute atomic E-state index is 3.48. The molecule has 0 saturated carbocycles. The highest BCUT2D eigenvalue weighted by atomic mass is 14.0. The van der Waals surface area contributed by atoms with Gasteiger partial charge in [0.15, 0.2) is 0 Å². The van der Waals surface area contributed by atoms with E-state index in [0.717, 1.165) is 6.32 Å². The standard InChI is InChI=1S/C3H7B.H3N/c1-2-3-4;/h2H,1,3-4H2;1H3. The van der Waals surface area contributed by atoms with Gasteiger partial charge in [0.25, 0.3) is 0 Å². The van der Waals surface area contributed by atoms with Gasteiger partial charge in [0, 0.05) is 0 Å². The van der Waals surface area contributed by atoms with E-state index >= 15 is 0 Å². The quantitative estimate of drug-likeness (QED) is 0.352. The molecule has 0 saturated heterocycles. The highest BCUT2D eigenvalue weighted by molar-refractivity contribution is 6.09. The molecular formula is C3H10BN. The molecule has 0 spiro atoms. The van der Waals surface area contributed by atoms with Crippen LogP contribution in [0.15, 0.2) is 12.7 Å². The van der Waals surface area contributed by atoms with Crippen molar-refractivity contribution in [3.63, 3.8) is 0 Å². The van der Waals surface area contributed by atoms with Gasteiger partial charge in [-0.15, -0.1) is 6.58 Å². The van der Waals surface area contributed by atoms with Gasteiger partial charge in [0.1, 0.15) is 7.85 Å². The minimum absolute atomic E-state index is 0. The predicted octanol–water partition coefficient (Wildman–Crippen LogP) is 0.386. The second-order valence-electron chi connectivity index (χ2n) is 0.697. The number of hydrogen-bond donors (Lipinski definition) is 1. The Bertz CT molecular complexity index is 20.9. The molecule has 0 rings (SSSR count). The maximum Gasteiger partial charge on any atom is 0.106 e. The fourth-order valence-electron chi connectivity index (χ4n) is 0. The van der Waals surface area contributed by atoms with Crippen LogP contribution < -0.4 is 6.15 Å². The summed E-state index contributed by atoms with van der Waals surface area (Å²) in [5.74, 6) is 0. The summed E-state index contributed by atoms with van der Waals surface area (Å²) in [7, 11) is 2.06. The van der Waals surface area contributed by atoms with E-state index in [1.165, 1.54) is 0 Å². The molecule has 0 aliphatic rings. The zero-order valence-electron chi connectivity index (χ0n) is 3.70. The van der Waals surface area contributed by atoms with Crippen LogP contribution in [0.1, 0.15) is 0 Å². The molecule has 2 heteroatoms. The summed E-state index contributed by atoms with van der Waals surface area (Å²) in [6.45, 7) is 3.48. The SMILES string of the molecule is BCC=C.N. The Hall–Kier alpha value is -0.235. The van der Waals surface area contributed by atoms with Gasteiger partial charge in [-0.3, -0.25) is 0 Å². The molecule has 3 N–H and O–H groups in total. The molecule has 30 valence electrons. The van der Waals surface area contributed by atoms with Crippen molar-refractivity contribution in [2.24, 2.45) is 0 Å². The summed E-state index contributed by atoms with van der Waals surface area (Å²) in [4.78, 5) is 0. The van der Waals surface area contributed by atoms with E-state index in [4.69, 9.17) is 0 Å². The average molecular weight is 70.9 g/mol. The molecular weight excluding hydrogens is 60.9 g/mol. The van der Waals surface area contributed by atoms with Gasteiger partial charge in [-0.25, -0.2) is 0 Å². The molecule has 0 fully saturated rings. The van der Waals surface area contributed by atoms with Crippen molar-refractivity contribution in [3.05, 3.63) is 12.7 Å². The Morgan fingerprint density at radius 2 is 2.00 bits per heavy atom. The van der Waals surface area contributed by atoms with Gasteiger partial charge in [-0.2, -0.15) is 0 Å². The highest BCUT2D eigenvalue weighted by Gasteiger charge is 1.47. The fraction of sp³-hybridized carbons (Fsp3) is 0.333. The lowest BCUT2D eigenvalue weighted by Gasteiger charge is -1.56. The molecule has 1 nitrogen and oxygen atoms in total. The first-order valence-corrected chi connectivity index (χ1v) is 1.52. The van der Waals surface area contributed by atoms with Gasteiger partial charge >= 0.3 is 0 Å². The van der Waals surface area contributed by atoms with Crippen LogP contribution in [0, 0.1) is 0 Å². The zero-order chi connectivity index (χ0) is 3.41. The Morgan fingerprint density at radius 1 is 1.80 bits per heavy atom. The highest BCUT2D eigenvalue weighted by Crippen LogP contribution is 1.61. The van der Waals surface area contributed by atoms with Gasteiger partial charge < -0.3 is 6.15 Å². The van der Waals surface area contributed by atoms with Crippen molar-refractivity contribution in [2.45, 2.75) is 6.32 Å². The first kappa shape index (κ1) is 8.83. The minimum Gasteiger partial charge on any atom is -0.344 e. The summed E-state index contributed by atoms with van der Waals surface area (Å²) < 4.78 is 0. The largest absolute Gasteiger partial charge is 0.344 e. The second-order valence-corrected chi connectivity index (χ2v) is 0.697. The topological polar surface area (TPSA) is 35.0 Å². The Labute approximate surface area is 34.1 Å². The summed E-state index contributed by atoms with van der Waals surface area (Å²) in [5, 5.41) is 0. The lowest BCUT2D eigenvalue weighted by Crippen LogP contribution is -1.47. The molecule has 0 aromatic heterocycles. The Balaban J connectivity index is 0. The normalized spacial score (nSPS) is 4.80. The molecule has 0 aromatic carbocycles. The van der Waals surface area contributed by atoms with Gasteiger partial charge in [-0.1, -0.05) is 12.4 Å². The van der Waals surface area contributed by atoms with Crippen molar-refractivity contribution >= 4 is 7.85 Å². The van der Waals surface area contributed by atoms with Crippen LogP contribution in [0.25, 0.3) is 0 Å².